The number of hydrogen-bond acceptors (Lipinski definition) is 7. The van der Waals surface area contributed by atoms with Crippen LogP contribution >= 0.6 is 0 Å². The molecule has 0 saturated heterocycles. The standard InChI is InChI=1S/C17H29N3O5.C2H6/c1-6-23-15(21)13(9-18)14(24-10-12(2)3)20-8-7-17(4,5)11-25-16(19)22;1-2/h7-9,12,18,20H,6,10-11H2,1-5H3,(H2,19,22);1-2H3/b8-7+,14-13-,18-9?;. The van der Waals surface area contributed by atoms with Gasteiger partial charge in [0, 0.05) is 17.8 Å². The number of carbonyl (C=O) groups is 2. The van der Waals surface area contributed by atoms with Crippen molar-refractivity contribution in [2.75, 3.05) is 19.8 Å². The van der Waals surface area contributed by atoms with Crippen molar-refractivity contribution in [1.29, 1.82) is 5.41 Å². The van der Waals surface area contributed by atoms with Crippen molar-refractivity contribution < 1.29 is 23.8 Å². The van der Waals surface area contributed by atoms with Crippen LogP contribution in [0, 0.1) is 16.7 Å². The minimum absolute atomic E-state index is 0.0154. The van der Waals surface area contributed by atoms with Gasteiger partial charge in [0.1, 0.15) is 12.2 Å². The zero-order valence-corrected chi connectivity index (χ0v) is 17.5. The molecule has 0 heterocycles. The predicted octanol–water partition coefficient (Wildman–Crippen LogP) is 3.33. The highest BCUT2D eigenvalue weighted by molar-refractivity contribution is 6.08. The number of nitrogens with two attached hydrogens (primary N) is 1. The Bertz CT molecular complexity index is 525. The molecular formula is C19H35N3O5. The average Bonchev–Trinajstić information content (AvgIpc) is 2.60. The van der Waals surface area contributed by atoms with Crippen LogP contribution < -0.4 is 11.1 Å². The first-order chi connectivity index (χ1) is 12.6. The Labute approximate surface area is 162 Å². The van der Waals surface area contributed by atoms with E-state index >= 15 is 0 Å². The summed E-state index contributed by atoms with van der Waals surface area (Å²) < 4.78 is 15.3. The molecule has 0 atom stereocenters. The van der Waals surface area contributed by atoms with E-state index in [1.165, 1.54) is 0 Å². The molecule has 4 N–H and O–H groups in total. The molecule has 0 radical (unpaired) electrons. The van der Waals surface area contributed by atoms with E-state index < -0.39 is 17.5 Å². The summed E-state index contributed by atoms with van der Waals surface area (Å²) in [6, 6.07) is 0. The van der Waals surface area contributed by atoms with Crippen LogP contribution in [0.1, 0.15) is 48.5 Å². The Morgan fingerprint density at radius 1 is 1.19 bits per heavy atom. The van der Waals surface area contributed by atoms with Crippen molar-refractivity contribution in [2.24, 2.45) is 17.1 Å². The van der Waals surface area contributed by atoms with Crippen molar-refractivity contribution >= 4 is 18.3 Å². The fourth-order valence-corrected chi connectivity index (χ4v) is 1.52. The van der Waals surface area contributed by atoms with Gasteiger partial charge in [-0.25, -0.2) is 9.59 Å². The van der Waals surface area contributed by atoms with Crippen molar-refractivity contribution in [3.63, 3.8) is 0 Å². The lowest BCUT2D eigenvalue weighted by Crippen LogP contribution is -2.24. The van der Waals surface area contributed by atoms with Crippen LogP contribution in [0.4, 0.5) is 4.79 Å². The largest absolute Gasteiger partial charge is 0.478 e. The van der Waals surface area contributed by atoms with Crippen LogP contribution in [0.5, 0.6) is 0 Å². The first-order valence-electron chi connectivity index (χ1n) is 9.04. The Balaban J connectivity index is 0. The van der Waals surface area contributed by atoms with Gasteiger partial charge >= 0.3 is 12.1 Å². The number of hydrogen-bond donors (Lipinski definition) is 3. The van der Waals surface area contributed by atoms with Gasteiger partial charge in [-0.3, -0.25) is 0 Å². The number of carbonyl (C=O) groups excluding carboxylic acids is 2. The van der Waals surface area contributed by atoms with E-state index in [0.29, 0.717) is 6.61 Å². The number of nitrogens with one attached hydrogen (secondary N) is 2. The van der Waals surface area contributed by atoms with Gasteiger partial charge in [0.15, 0.2) is 0 Å². The monoisotopic (exact) mass is 385 g/mol. The van der Waals surface area contributed by atoms with Gasteiger partial charge in [0.2, 0.25) is 5.88 Å². The molecule has 8 nitrogen and oxygen atoms in total. The predicted molar refractivity (Wildman–Crippen MR) is 106 cm³/mol. The first-order valence-corrected chi connectivity index (χ1v) is 9.04. The van der Waals surface area contributed by atoms with Crippen LogP contribution in [0.2, 0.25) is 0 Å². The van der Waals surface area contributed by atoms with E-state index in [1.807, 2.05) is 41.5 Å². The molecule has 156 valence electrons. The van der Waals surface area contributed by atoms with Gasteiger partial charge in [-0.05, 0) is 12.8 Å². The van der Waals surface area contributed by atoms with E-state index in [4.69, 9.17) is 25.4 Å². The fraction of sp³-hybridized carbons (Fsp3) is 0.632. The molecule has 0 spiro atoms. The number of amides is 1. The third kappa shape index (κ3) is 13.4. The summed E-state index contributed by atoms with van der Waals surface area (Å²) >= 11 is 0. The van der Waals surface area contributed by atoms with Gasteiger partial charge in [0.05, 0.1) is 13.2 Å². The van der Waals surface area contributed by atoms with Crippen LogP contribution in [0.3, 0.4) is 0 Å². The summed E-state index contributed by atoms with van der Waals surface area (Å²) in [5.41, 5.74) is 4.46. The van der Waals surface area contributed by atoms with E-state index in [2.05, 4.69) is 5.32 Å². The zero-order valence-electron chi connectivity index (χ0n) is 17.5. The molecule has 0 saturated carbocycles. The fourth-order valence-electron chi connectivity index (χ4n) is 1.52. The Kier molecular flexibility index (Phi) is 14.5. The molecule has 1 amide bonds. The Hall–Kier alpha value is -2.51. The van der Waals surface area contributed by atoms with E-state index in [9.17, 15) is 9.59 Å². The van der Waals surface area contributed by atoms with Crippen molar-refractivity contribution in [3.8, 4) is 0 Å². The van der Waals surface area contributed by atoms with Gasteiger partial charge in [-0.1, -0.05) is 47.6 Å². The summed E-state index contributed by atoms with van der Waals surface area (Å²) in [4.78, 5) is 22.6. The van der Waals surface area contributed by atoms with Crippen LogP contribution in [-0.4, -0.2) is 38.1 Å². The van der Waals surface area contributed by atoms with Crippen molar-refractivity contribution in [1.82, 2.24) is 5.32 Å². The van der Waals surface area contributed by atoms with E-state index in [0.717, 1.165) is 6.21 Å². The maximum Gasteiger partial charge on any atom is 0.404 e. The molecule has 0 bridgehead atoms. The zero-order chi connectivity index (χ0) is 21.5. The van der Waals surface area contributed by atoms with E-state index in [1.54, 1.807) is 19.2 Å². The second-order valence-corrected chi connectivity index (χ2v) is 6.39. The topological polar surface area (TPSA) is 124 Å². The molecule has 27 heavy (non-hydrogen) atoms. The third-order valence-electron chi connectivity index (χ3n) is 2.78. The molecular weight excluding hydrogens is 350 g/mol. The minimum atomic E-state index is -0.844. The molecule has 0 aliphatic carbocycles. The lowest BCUT2D eigenvalue weighted by Gasteiger charge is -2.20. The lowest BCUT2D eigenvalue weighted by atomic mass is 9.95. The third-order valence-corrected chi connectivity index (χ3v) is 2.78. The van der Waals surface area contributed by atoms with Gasteiger partial charge < -0.3 is 30.7 Å². The number of esters is 1. The molecule has 0 unspecified atom stereocenters. The van der Waals surface area contributed by atoms with Gasteiger partial charge in [-0.2, -0.15) is 0 Å². The summed E-state index contributed by atoms with van der Waals surface area (Å²) in [5.74, 6) is -0.283. The maximum atomic E-state index is 12.0. The van der Waals surface area contributed by atoms with E-state index in [-0.39, 0.29) is 30.6 Å². The number of ether oxygens (including phenoxy) is 3. The summed E-state index contributed by atoms with van der Waals surface area (Å²) in [5, 5.41) is 10.3. The normalized spacial score (nSPS) is 11.9. The molecule has 0 aliphatic rings. The molecule has 8 heteroatoms. The summed E-state index contributed by atoms with van der Waals surface area (Å²) in [6.45, 7) is 14.0. The van der Waals surface area contributed by atoms with Crippen molar-refractivity contribution in [3.05, 3.63) is 23.7 Å². The highest BCUT2D eigenvalue weighted by atomic mass is 16.5. The summed E-state index contributed by atoms with van der Waals surface area (Å²) in [6.07, 6.45) is 3.34. The maximum absolute atomic E-state index is 12.0. The second kappa shape index (κ2) is 14.6. The average molecular weight is 386 g/mol. The number of primary amides is 1. The number of rotatable bonds is 11. The highest BCUT2D eigenvalue weighted by Crippen LogP contribution is 2.17. The Morgan fingerprint density at radius 3 is 2.22 bits per heavy atom. The molecule has 0 rings (SSSR count). The minimum Gasteiger partial charge on any atom is -0.478 e. The molecule has 0 fully saturated rings. The van der Waals surface area contributed by atoms with Gasteiger partial charge in [-0.15, -0.1) is 0 Å². The molecule has 0 aromatic rings. The Morgan fingerprint density at radius 2 is 1.78 bits per heavy atom. The summed E-state index contributed by atoms with van der Waals surface area (Å²) in [7, 11) is 0. The van der Waals surface area contributed by atoms with Crippen molar-refractivity contribution in [2.45, 2.75) is 48.5 Å². The SMILES string of the molecule is CC.CCOC(=O)/C(C=N)=C(/N/C=C/C(C)(C)COC(N)=O)OCC(C)C. The van der Waals surface area contributed by atoms with Crippen LogP contribution in [-0.2, 0) is 19.0 Å². The second-order valence-electron chi connectivity index (χ2n) is 6.39. The first kappa shape index (κ1) is 26.7. The quantitative estimate of drug-likeness (QED) is 0.217. The molecule has 0 aromatic carbocycles. The highest BCUT2D eigenvalue weighted by Gasteiger charge is 2.18. The molecule has 0 aliphatic heterocycles. The smallest absolute Gasteiger partial charge is 0.404 e. The van der Waals surface area contributed by atoms with Crippen LogP contribution in [0.25, 0.3) is 0 Å². The lowest BCUT2D eigenvalue weighted by molar-refractivity contribution is -0.138. The molecule has 0 aromatic heterocycles. The van der Waals surface area contributed by atoms with Gasteiger partial charge in [0.25, 0.3) is 0 Å². The van der Waals surface area contributed by atoms with Crippen LogP contribution in [0.15, 0.2) is 23.7 Å².